The smallest absolute Gasteiger partial charge is 0.206 e. The molecule has 0 bridgehead atoms. The minimum atomic E-state index is -0.103. The zero-order chi connectivity index (χ0) is 9.68. The Morgan fingerprint density at radius 2 is 2.54 bits per heavy atom. The third kappa shape index (κ3) is 2.43. The van der Waals surface area contributed by atoms with Gasteiger partial charge < -0.3 is 4.74 Å². The van der Waals surface area contributed by atoms with Crippen LogP contribution in [0.1, 0.15) is 17.4 Å². The molecular weight excluding hydrogens is 168 g/mol. The highest BCUT2D eigenvalue weighted by Crippen LogP contribution is 1.98. The molecule has 1 aromatic rings. The lowest BCUT2D eigenvalue weighted by atomic mass is 10.3. The molecule has 0 spiro atoms. The third-order valence-corrected chi connectivity index (χ3v) is 1.56. The number of aromatic nitrogens is 2. The molecule has 0 N–H and O–H groups in total. The molecule has 0 amide bonds. The average Bonchev–Trinajstić information content (AvgIpc) is 2.52. The van der Waals surface area contributed by atoms with Crippen molar-refractivity contribution < 1.29 is 9.53 Å². The van der Waals surface area contributed by atoms with E-state index in [0.29, 0.717) is 12.3 Å². The number of allylic oxidation sites excluding steroid dienone is 1. The van der Waals surface area contributed by atoms with E-state index in [1.54, 1.807) is 19.3 Å². The first-order valence-electron chi connectivity index (χ1n) is 4.06. The van der Waals surface area contributed by atoms with E-state index >= 15 is 0 Å². The molecule has 1 aromatic heterocycles. The highest BCUT2D eigenvalue weighted by molar-refractivity contribution is 6.02. The average molecular weight is 180 g/mol. The Hall–Kier alpha value is -1.58. The molecule has 0 aromatic carbocycles. The van der Waals surface area contributed by atoms with Crippen molar-refractivity contribution in [1.29, 1.82) is 0 Å². The molecule has 1 rings (SSSR count). The summed E-state index contributed by atoms with van der Waals surface area (Å²) < 4.78 is 6.44. The molecule has 0 saturated carbocycles. The summed E-state index contributed by atoms with van der Waals surface area (Å²) in [5, 5.41) is 3.89. The second-order valence-corrected chi connectivity index (χ2v) is 2.46. The second kappa shape index (κ2) is 4.45. The van der Waals surface area contributed by atoms with Crippen molar-refractivity contribution in [1.82, 2.24) is 9.78 Å². The number of nitrogens with zero attached hydrogens (tertiary/aromatic N) is 2. The second-order valence-electron chi connectivity index (χ2n) is 2.46. The zero-order valence-corrected chi connectivity index (χ0v) is 7.73. The van der Waals surface area contributed by atoms with E-state index in [1.165, 1.54) is 17.0 Å². The minimum Gasteiger partial charge on any atom is -0.501 e. The van der Waals surface area contributed by atoms with Gasteiger partial charge in [0.15, 0.2) is 0 Å². The molecule has 0 aliphatic rings. The van der Waals surface area contributed by atoms with E-state index < -0.39 is 0 Å². The molecule has 0 radical (unpaired) electrons. The number of ether oxygens (including phenoxy) is 1. The van der Waals surface area contributed by atoms with E-state index in [-0.39, 0.29) is 5.78 Å². The number of ketones is 1. The Balaban J connectivity index is 2.64. The summed E-state index contributed by atoms with van der Waals surface area (Å²) in [7, 11) is 1.72. The Labute approximate surface area is 76.8 Å². The quantitative estimate of drug-likeness (QED) is 0.396. The predicted molar refractivity (Wildman–Crippen MR) is 48.3 cm³/mol. The summed E-state index contributed by atoms with van der Waals surface area (Å²) in [5.41, 5.74) is 0.552. The van der Waals surface area contributed by atoms with E-state index in [0.717, 1.165) is 0 Å². The van der Waals surface area contributed by atoms with Crippen molar-refractivity contribution in [2.24, 2.45) is 7.05 Å². The number of rotatable bonds is 4. The van der Waals surface area contributed by atoms with Crippen LogP contribution in [0.25, 0.3) is 0 Å². The van der Waals surface area contributed by atoms with E-state index in [9.17, 15) is 4.79 Å². The Kier molecular flexibility index (Phi) is 3.25. The summed E-state index contributed by atoms with van der Waals surface area (Å²) in [4.78, 5) is 11.4. The Bertz CT molecular complexity index is 315. The van der Waals surface area contributed by atoms with Crippen LogP contribution in [0.2, 0.25) is 0 Å². The molecule has 0 fully saturated rings. The lowest BCUT2D eigenvalue weighted by molar-refractivity contribution is 0.103. The fraction of sp³-hybridized carbons (Fsp3) is 0.333. The molecule has 13 heavy (non-hydrogen) atoms. The molecule has 0 atom stereocenters. The molecule has 4 heteroatoms. The van der Waals surface area contributed by atoms with Gasteiger partial charge in [0, 0.05) is 19.3 Å². The molecule has 0 aliphatic carbocycles. The molecule has 4 nitrogen and oxygen atoms in total. The fourth-order valence-electron chi connectivity index (χ4n) is 0.907. The number of carbonyl (C=O) groups is 1. The van der Waals surface area contributed by atoms with Gasteiger partial charge in [0.1, 0.15) is 5.69 Å². The van der Waals surface area contributed by atoms with Gasteiger partial charge in [0.25, 0.3) is 0 Å². The summed E-state index contributed by atoms with van der Waals surface area (Å²) in [6, 6.07) is 1.67. The van der Waals surface area contributed by atoms with Gasteiger partial charge in [0.2, 0.25) is 5.78 Å². The van der Waals surface area contributed by atoms with Crippen molar-refractivity contribution in [2.45, 2.75) is 6.92 Å². The molecule has 0 aliphatic heterocycles. The Morgan fingerprint density at radius 1 is 1.77 bits per heavy atom. The molecular formula is C9H12N2O2. The van der Waals surface area contributed by atoms with Gasteiger partial charge in [-0.25, -0.2) is 0 Å². The van der Waals surface area contributed by atoms with Crippen molar-refractivity contribution >= 4 is 5.78 Å². The van der Waals surface area contributed by atoms with E-state index in [1.807, 2.05) is 6.92 Å². The van der Waals surface area contributed by atoms with Crippen LogP contribution in [0.4, 0.5) is 0 Å². The molecule has 70 valence electrons. The maximum atomic E-state index is 11.4. The van der Waals surface area contributed by atoms with Crippen molar-refractivity contribution in [3.63, 3.8) is 0 Å². The first-order valence-corrected chi connectivity index (χ1v) is 4.06. The van der Waals surface area contributed by atoms with Gasteiger partial charge in [-0.1, -0.05) is 0 Å². The van der Waals surface area contributed by atoms with Crippen LogP contribution >= 0.6 is 0 Å². The predicted octanol–water partition coefficient (Wildman–Crippen LogP) is 1.15. The normalized spacial score (nSPS) is 10.6. The van der Waals surface area contributed by atoms with Crippen LogP contribution in [0.15, 0.2) is 24.6 Å². The zero-order valence-electron chi connectivity index (χ0n) is 7.73. The standard InChI is InChI=1S/C9H12N2O2/c1-3-13-7-5-9(12)8-4-6-10-11(8)2/h4-7H,3H2,1-2H3/b7-5+. The first-order chi connectivity index (χ1) is 6.25. The van der Waals surface area contributed by atoms with Crippen molar-refractivity contribution in [3.8, 4) is 0 Å². The number of hydrogen-bond acceptors (Lipinski definition) is 3. The summed E-state index contributed by atoms with van der Waals surface area (Å²) in [5.74, 6) is -0.103. The third-order valence-electron chi connectivity index (χ3n) is 1.56. The first kappa shape index (κ1) is 9.51. The number of aryl methyl sites for hydroxylation is 1. The maximum Gasteiger partial charge on any atom is 0.206 e. The summed E-state index contributed by atoms with van der Waals surface area (Å²) >= 11 is 0. The van der Waals surface area contributed by atoms with E-state index in [4.69, 9.17) is 4.74 Å². The van der Waals surface area contributed by atoms with Gasteiger partial charge in [0.05, 0.1) is 12.9 Å². The van der Waals surface area contributed by atoms with E-state index in [2.05, 4.69) is 5.10 Å². The SMILES string of the molecule is CCO/C=C/C(=O)c1ccnn1C. The molecule has 0 unspecified atom stereocenters. The highest BCUT2D eigenvalue weighted by atomic mass is 16.5. The van der Waals surface area contributed by atoms with Crippen molar-refractivity contribution in [3.05, 3.63) is 30.3 Å². The van der Waals surface area contributed by atoms with Crippen LogP contribution in [-0.2, 0) is 11.8 Å². The minimum absolute atomic E-state index is 0.103. The van der Waals surface area contributed by atoms with Gasteiger partial charge in [-0.15, -0.1) is 0 Å². The van der Waals surface area contributed by atoms with Gasteiger partial charge in [-0.2, -0.15) is 5.10 Å². The van der Waals surface area contributed by atoms with Crippen LogP contribution in [0, 0.1) is 0 Å². The summed E-state index contributed by atoms with van der Waals surface area (Å²) in [6.45, 7) is 2.42. The lowest BCUT2D eigenvalue weighted by Gasteiger charge is -1.95. The van der Waals surface area contributed by atoms with Gasteiger partial charge in [-0.3, -0.25) is 9.48 Å². The van der Waals surface area contributed by atoms with Crippen LogP contribution < -0.4 is 0 Å². The molecule has 1 heterocycles. The van der Waals surface area contributed by atoms with Crippen LogP contribution in [0.3, 0.4) is 0 Å². The van der Waals surface area contributed by atoms with Crippen molar-refractivity contribution in [2.75, 3.05) is 6.61 Å². The van der Waals surface area contributed by atoms with Crippen LogP contribution in [0.5, 0.6) is 0 Å². The number of carbonyl (C=O) groups excluding carboxylic acids is 1. The lowest BCUT2D eigenvalue weighted by Crippen LogP contribution is -2.03. The fourth-order valence-corrected chi connectivity index (χ4v) is 0.907. The number of hydrogen-bond donors (Lipinski definition) is 0. The topological polar surface area (TPSA) is 44.1 Å². The van der Waals surface area contributed by atoms with Gasteiger partial charge >= 0.3 is 0 Å². The van der Waals surface area contributed by atoms with Gasteiger partial charge in [-0.05, 0) is 13.0 Å². The maximum absolute atomic E-state index is 11.4. The Morgan fingerprint density at radius 3 is 3.08 bits per heavy atom. The van der Waals surface area contributed by atoms with Crippen LogP contribution in [-0.4, -0.2) is 22.2 Å². The largest absolute Gasteiger partial charge is 0.501 e. The summed E-state index contributed by atoms with van der Waals surface area (Å²) in [6.07, 6.45) is 4.37. The molecule has 0 saturated heterocycles. The highest BCUT2D eigenvalue weighted by Gasteiger charge is 2.05. The monoisotopic (exact) mass is 180 g/mol.